The number of rotatable bonds is 9. The summed E-state index contributed by atoms with van der Waals surface area (Å²) in [6.45, 7) is 0.595. The van der Waals surface area contributed by atoms with Crippen molar-refractivity contribution in [1.82, 2.24) is 0 Å². The summed E-state index contributed by atoms with van der Waals surface area (Å²) in [6, 6.07) is 16.6. The van der Waals surface area contributed by atoms with Crippen molar-refractivity contribution in [2.24, 2.45) is 0 Å². The second-order valence-electron chi connectivity index (χ2n) is 7.74. The van der Waals surface area contributed by atoms with Gasteiger partial charge in [0, 0.05) is 24.4 Å². The molecule has 0 saturated heterocycles. The zero-order valence-corrected chi connectivity index (χ0v) is 18.8. The minimum Gasteiger partial charge on any atom is -0.494 e. The number of para-hydroxylation sites is 1. The highest BCUT2D eigenvalue weighted by Crippen LogP contribution is 2.35. The smallest absolute Gasteiger partial charge is 0.277 e. The molecule has 0 aromatic heterocycles. The van der Waals surface area contributed by atoms with Crippen LogP contribution in [0.25, 0.3) is 0 Å². The molecule has 1 aliphatic rings. The van der Waals surface area contributed by atoms with Gasteiger partial charge in [-0.05, 0) is 36.8 Å². The van der Waals surface area contributed by atoms with E-state index < -0.39 is 27.1 Å². The number of hydrogen-bond donors (Lipinski definition) is 1. The van der Waals surface area contributed by atoms with Gasteiger partial charge >= 0.3 is 0 Å². The molecule has 0 saturated carbocycles. The van der Waals surface area contributed by atoms with E-state index in [1.165, 1.54) is 17.0 Å². The topological polar surface area (TPSA) is 154 Å². The van der Waals surface area contributed by atoms with Gasteiger partial charge in [0.1, 0.15) is 11.5 Å². The summed E-state index contributed by atoms with van der Waals surface area (Å²) in [5.74, 6) is 0.118. The monoisotopic (exact) mass is 492 g/mol. The lowest BCUT2D eigenvalue weighted by molar-refractivity contribution is -0.394. The van der Waals surface area contributed by atoms with Crippen LogP contribution in [-0.2, 0) is 4.79 Å². The number of fused-ring (bicyclic) bond motifs is 1. The zero-order valence-electron chi connectivity index (χ0n) is 18.8. The van der Waals surface area contributed by atoms with Gasteiger partial charge in [0.25, 0.3) is 23.2 Å². The van der Waals surface area contributed by atoms with Crippen LogP contribution in [-0.4, -0.2) is 41.4 Å². The van der Waals surface area contributed by atoms with Gasteiger partial charge in [0.2, 0.25) is 0 Å². The summed E-state index contributed by atoms with van der Waals surface area (Å²) in [6.07, 6.45) is 0.536. The van der Waals surface area contributed by atoms with E-state index in [4.69, 9.17) is 9.47 Å². The molecule has 0 atom stereocenters. The first-order valence-corrected chi connectivity index (χ1v) is 10.8. The molecule has 0 bridgehead atoms. The molecule has 0 fully saturated rings. The summed E-state index contributed by atoms with van der Waals surface area (Å²) in [5.41, 5.74) is -0.702. The Hall–Kier alpha value is -5.00. The van der Waals surface area contributed by atoms with Crippen LogP contribution < -0.4 is 19.7 Å². The van der Waals surface area contributed by atoms with Gasteiger partial charge in [-0.1, -0.05) is 18.2 Å². The highest BCUT2D eigenvalue weighted by molar-refractivity contribution is 6.06. The highest BCUT2D eigenvalue weighted by atomic mass is 16.6. The quantitative estimate of drug-likeness (QED) is 0.267. The fourth-order valence-electron chi connectivity index (χ4n) is 3.59. The average Bonchev–Trinajstić information content (AvgIpc) is 2.87. The summed E-state index contributed by atoms with van der Waals surface area (Å²) in [4.78, 5) is 47.4. The maximum Gasteiger partial charge on any atom is 0.277 e. The molecular formula is C24H20N4O8. The molecule has 3 aromatic rings. The van der Waals surface area contributed by atoms with Crippen molar-refractivity contribution in [2.45, 2.75) is 6.42 Å². The van der Waals surface area contributed by atoms with Crippen LogP contribution in [0.2, 0.25) is 0 Å². The molecule has 0 spiro atoms. The van der Waals surface area contributed by atoms with Gasteiger partial charge in [0.05, 0.1) is 33.8 Å². The van der Waals surface area contributed by atoms with Gasteiger partial charge in [-0.3, -0.25) is 29.8 Å². The van der Waals surface area contributed by atoms with Gasteiger partial charge in [0.15, 0.2) is 6.61 Å². The SMILES string of the molecule is O=C(Nc1ccc2c(c1)N(CCCOc1ccccc1)C(=O)CO2)c1cc([N+](=O)[O-])cc([N+](=O)[O-])c1. The number of nitrogens with one attached hydrogen (secondary N) is 1. The van der Waals surface area contributed by atoms with Crippen molar-refractivity contribution >= 4 is 34.6 Å². The number of nitro benzene ring substituents is 2. The van der Waals surface area contributed by atoms with Crippen molar-refractivity contribution in [1.29, 1.82) is 0 Å². The van der Waals surface area contributed by atoms with Crippen LogP contribution in [0.5, 0.6) is 11.5 Å². The number of amides is 2. The van der Waals surface area contributed by atoms with E-state index in [-0.39, 0.29) is 23.8 Å². The van der Waals surface area contributed by atoms with Crippen molar-refractivity contribution in [3.63, 3.8) is 0 Å². The van der Waals surface area contributed by atoms with E-state index in [0.29, 0.717) is 31.0 Å². The van der Waals surface area contributed by atoms with Crippen molar-refractivity contribution in [3.8, 4) is 11.5 Å². The van der Waals surface area contributed by atoms with Crippen LogP contribution in [0.3, 0.4) is 0 Å². The first-order valence-electron chi connectivity index (χ1n) is 10.8. The fourth-order valence-corrected chi connectivity index (χ4v) is 3.59. The molecule has 1 N–H and O–H groups in total. The lowest BCUT2D eigenvalue weighted by atomic mass is 10.1. The number of carbonyl (C=O) groups is 2. The van der Waals surface area contributed by atoms with Crippen molar-refractivity contribution in [3.05, 3.63) is 92.5 Å². The first-order chi connectivity index (χ1) is 17.3. The van der Waals surface area contributed by atoms with Crippen LogP contribution in [0, 0.1) is 20.2 Å². The van der Waals surface area contributed by atoms with Crippen molar-refractivity contribution < 1.29 is 28.9 Å². The lowest BCUT2D eigenvalue weighted by Crippen LogP contribution is -2.39. The molecule has 1 aliphatic heterocycles. The Morgan fingerprint density at radius 3 is 2.36 bits per heavy atom. The predicted molar refractivity (Wildman–Crippen MR) is 129 cm³/mol. The van der Waals surface area contributed by atoms with E-state index in [0.717, 1.165) is 23.9 Å². The van der Waals surface area contributed by atoms with Crippen LogP contribution in [0.1, 0.15) is 16.8 Å². The van der Waals surface area contributed by atoms with Gasteiger partial charge in [-0.15, -0.1) is 0 Å². The fraction of sp³-hybridized carbons (Fsp3) is 0.167. The van der Waals surface area contributed by atoms with Crippen LogP contribution in [0.15, 0.2) is 66.7 Å². The Kier molecular flexibility index (Phi) is 7.04. The van der Waals surface area contributed by atoms with E-state index in [9.17, 15) is 29.8 Å². The number of hydrogen-bond acceptors (Lipinski definition) is 8. The Morgan fingerprint density at radius 1 is 1.00 bits per heavy atom. The predicted octanol–water partition coefficient (Wildman–Crippen LogP) is 3.95. The summed E-state index contributed by atoms with van der Waals surface area (Å²) < 4.78 is 11.2. The Labute approximate surface area is 204 Å². The Morgan fingerprint density at radius 2 is 1.69 bits per heavy atom. The normalized spacial score (nSPS) is 12.3. The maximum atomic E-state index is 12.7. The van der Waals surface area contributed by atoms with E-state index in [1.54, 1.807) is 6.07 Å². The molecule has 1 heterocycles. The van der Waals surface area contributed by atoms with Gasteiger partial charge in [-0.2, -0.15) is 0 Å². The third-order valence-corrected chi connectivity index (χ3v) is 5.28. The first kappa shape index (κ1) is 24.1. The molecule has 0 unspecified atom stereocenters. The Balaban J connectivity index is 1.49. The summed E-state index contributed by atoms with van der Waals surface area (Å²) in [7, 11) is 0. The highest BCUT2D eigenvalue weighted by Gasteiger charge is 2.26. The van der Waals surface area contributed by atoms with Gasteiger partial charge < -0.3 is 19.7 Å². The van der Waals surface area contributed by atoms with E-state index in [1.807, 2.05) is 30.3 Å². The molecule has 184 valence electrons. The number of carbonyl (C=O) groups excluding carboxylic acids is 2. The van der Waals surface area contributed by atoms with Crippen LogP contribution in [0.4, 0.5) is 22.7 Å². The molecule has 12 heteroatoms. The van der Waals surface area contributed by atoms with Crippen molar-refractivity contribution in [2.75, 3.05) is 30.0 Å². The molecule has 36 heavy (non-hydrogen) atoms. The number of nitro groups is 2. The average molecular weight is 492 g/mol. The third kappa shape index (κ3) is 5.55. The number of benzene rings is 3. The molecule has 2 amide bonds. The standard InChI is InChI=1S/C24H20N4O8/c29-23-15-36-22-8-7-17(13-21(22)26(23)9-4-10-35-20-5-2-1-3-6-20)25-24(30)16-11-18(27(31)32)14-19(12-16)28(33)34/h1-3,5-8,11-14H,4,9-10,15H2,(H,25,30). The minimum atomic E-state index is -0.814. The molecule has 0 radical (unpaired) electrons. The second kappa shape index (κ2) is 10.5. The van der Waals surface area contributed by atoms with E-state index >= 15 is 0 Å². The molecular weight excluding hydrogens is 472 g/mol. The second-order valence-corrected chi connectivity index (χ2v) is 7.74. The minimum absolute atomic E-state index is 0.129. The number of anilines is 2. The Bertz CT molecular complexity index is 1300. The van der Waals surface area contributed by atoms with E-state index in [2.05, 4.69) is 5.32 Å². The summed E-state index contributed by atoms with van der Waals surface area (Å²) >= 11 is 0. The van der Waals surface area contributed by atoms with Crippen LogP contribution >= 0.6 is 0 Å². The molecule has 3 aromatic carbocycles. The maximum absolute atomic E-state index is 12.7. The number of nitrogens with zero attached hydrogens (tertiary/aromatic N) is 3. The molecule has 4 rings (SSSR count). The molecule has 12 nitrogen and oxygen atoms in total. The summed E-state index contributed by atoms with van der Waals surface area (Å²) in [5, 5.41) is 24.8. The van der Waals surface area contributed by atoms with Gasteiger partial charge in [-0.25, -0.2) is 0 Å². The third-order valence-electron chi connectivity index (χ3n) is 5.28. The zero-order chi connectivity index (χ0) is 25.7. The number of ether oxygens (including phenoxy) is 2. The number of non-ortho nitro benzene ring substituents is 2. The molecule has 0 aliphatic carbocycles. The lowest BCUT2D eigenvalue weighted by Gasteiger charge is -2.30. The largest absolute Gasteiger partial charge is 0.494 e.